The van der Waals surface area contributed by atoms with Crippen LogP contribution in [-0.2, 0) is 25.6 Å². The van der Waals surface area contributed by atoms with Crippen molar-refractivity contribution < 1.29 is 39.9 Å². The predicted octanol–water partition coefficient (Wildman–Crippen LogP) is 1.92. The van der Waals surface area contributed by atoms with Crippen molar-refractivity contribution in [2.45, 2.75) is 6.18 Å². The average molecular weight is 419 g/mol. The Morgan fingerprint density at radius 2 is 1.89 bits per heavy atom. The summed E-state index contributed by atoms with van der Waals surface area (Å²) in [6.45, 7) is -0.892. The molecule has 0 unspecified atom stereocenters. The molecule has 0 fully saturated rings. The molecule has 0 atom stereocenters. The average Bonchev–Trinajstić information content (AvgIpc) is 2.58. The number of pyridine rings is 1. The van der Waals surface area contributed by atoms with Crippen LogP contribution in [0.1, 0.15) is 15.9 Å². The maximum Gasteiger partial charge on any atom is 0.449 e. The van der Waals surface area contributed by atoms with Gasteiger partial charge in [-0.1, -0.05) is 6.07 Å². The van der Waals surface area contributed by atoms with Crippen LogP contribution < -0.4 is 10.6 Å². The number of benzene rings is 1. The van der Waals surface area contributed by atoms with Gasteiger partial charge in [0, 0.05) is 11.9 Å². The highest BCUT2D eigenvalue weighted by Crippen LogP contribution is 2.31. The van der Waals surface area contributed by atoms with Crippen molar-refractivity contribution in [2.75, 3.05) is 11.9 Å². The molecule has 2 rings (SSSR count). The second-order valence-electron chi connectivity index (χ2n) is 5.17. The van der Waals surface area contributed by atoms with E-state index in [-0.39, 0.29) is 17.1 Å². The lowest BCUT2D eigenvalue weighted by Crippen LogP contribution is -2.32. The SMILES string of the molecule is O=C(CNC(=O)c1cccnc1Nc1cccc(C(F)(F)F)c1)OS(=O)(=O)O. The lowest BCUT2D eigenvalue weighted by atomic mass is 10.2. The standard InChI is InChI=1S/C15H12F3N3O6S/c16-15(17,18)9-3-1-4-10(7-9)21-13-11(5-2-6-19-13)14(23)20-8-12(22)27-28(24,25)26/h1-7H,8H2,(H,19,21)(H,20,23)(H,24,25,26). The van der Waals surface area contributed by atoms with Gasteiger partial charge in [-0.3, -0.25) is 9.35 Å². The summed E-state index contributed by atoms with van der Waals surface area (Å²) in [6.07, 6.45) is -3.28. The number of amides is 1. The lowest BCUT2D eigenvalue weighted by molar-refractivity contribution is -0.137. The van der Waals surface area contributed by atoms with E-state index >= 15 is 0 Å². The molecule has 1 amide bonds. The fourth-order valence-electron chi connectivity index (χ4n) is 1.99. The highest BCUT2D eigenvalue weighted by Gasteiger charge is 2.30. The zero-order chi connectivity index (χ0) is 20.9. The third-order valence-electron chi connectivity index (χ3n) is 3.10. The summed E-state index contributed by atoms with van der Waals surface area (Å²) in [5, 5.41) is 4.60. The Bertz CT molecular complexity index is 995. The van der Waals surface area contributed by atoms with Crippen molar-refractivity contribution in [3.8, 4) is 0 Å². The van der Waals surface area contributed by atoms with Crippen molar-refractivity contribution in [2.24, 2.45) is 0 Å². The summed E-state index contributed by atoms with van der Waals surface area (Å²) in [6, 6.07) is 6.82. The van der Waals surface area contributed by atoms with E-state index in [2.05, 4.69) is 14.5 Å². The number of rotatable bonds is 6. The Labute approximate surface area is 156 Å². The maximum absolute atomic E-state index is 12.8. The van der Waals surface area contributed by atoms with Crippen LogP contribution in [0.2, 0.25) is 0 Å². The summed E-state index contributed by atoms with van der Waals surface area (Å²) in [4.78, 5) is 27.2. The molecule has 0 aliphatic rings. The second kappa shape index (κ2) is 8.22. The molecule has 150 valence electrons. The van der Waals surface area contributed by atoms with Gasteiger partial charge in [-0.15, -0.1) is 0 Å². The van der Waals surface area contributed by atoms with Crippen molar-refractivity contribution >= 4 is 33.8 Å². The molecule has 0 bridgehead atoms. The first-order valence-corrected chi connectivity index (χ1v) is 8.69. The summed E-state index contributed by atoms with van der Waals surface area (Å²) < 4.78 is 71.2. The summed E-state index contributed by atoms with van der Waals surface area (Å²) >= 11 is 0. The molecule has 9 nitrogen and oxygen atoms in total. The van der Waals surface area contributed by atoms with Gasteiger partial charge in [0.1, 0.15) is 12.4 Å². The molecule has 0 aliphatic carbocycles. The Kier molecular flexibility index (Phi) is 6.20. The highest BCUT2D eigenvalue weighted by molar-refractivity contribution is 7.81. The maximum atomic E-state index is 12.8. The number of hydrogen-bond donors (Lipinski definition) is 3. The van der Waals surface area contributed by atoms with E-state index in [0.717, 1.165) is 12.1 Å². The Morgan fingerprint density at radius 3 is 2.54 bits per heavy atom. The first-order chi connectivity index (χ1) is 13.0. The Morgan fingerprint density at radius 1 is 1.18 bits per heavy atom. The van der Waals surface area contributed by atoms with Gasteiger partial charge in [-0.05, 0) is 30.3 Å². The van der Waals surface area contributed by atoms with Crippen LogP contribution in [0, 0.1) is 0 Å². The van der Waals surface area contributed by atoms with Gasteiger partial charge in [-0.2, -0.15) is 21.6 Å². The molecular formula is C15H12F3N3O6S. The second-order valence-corrected chi connectivity index (χ2v) is 6.19. The van der Waals surface area contributed by atoms with Crippen LogP contribution >= 0.6 is 0 Å². The number of nitrogens with zero attached hydrogens (tertiary/aromatic N) is 1. The lowest BCUT2D eigenvalue weighted by Gasteiger charge is -2.12. The van der Waals surface area contributed by atoms with Crippen LogP contribution in [0.15, 0.2) is 42.6 Å². The number of carbonyl (C=O) groups excluding carboxylic acids is 2. The molecule has 0 radical (unpaired) electrons. The molecule has 1 heterocycles. The normalized spacial score (nSPS) is 11.6. The van der Waals surface area contributed by atoms with Gasteiger partial charge in [-0.25, -0.2) is 9.78 Å². The van der Waals surface area contributed by atoms with Gasteiger partial charge in [0.25, 0.3) is 5.91 Å². The number of carbonyl (C=O) groups is 2. The van der Waals surface area contributed by atoms with E-state index in [0.29, 0.717) is 0 Å². The first kappa shape index (κ1) is 21.1. The molecule has 0 aliphatic heterocycles. The minimum atomic E-state index is -5.02. The molecule has 1 aromatic carbocycles. The quantitative estimate of drug-likeness (QED) is 0.605. The monoisotopic (exact) mass is 419 g/mol. The minimum Gasteiger partial charge on any atom is -0.341 e. The van der Waals surface area contributed by atoms with Crippen LogP contribution in [0.4, 0.5) is 24.7 Å². The molecule has 28 heavy (non-hydrogen) atoms. The van der Waals surface area contributed by atoms with E-state index in [1.165, 1.54) is 30.5 Å². The highest BCUT2D eigenvalue weighted by atomic mass is 32.3. The molecule has 1 aromatic heterocycles. The number of hydrogen-bond acceptors (Lipinski definition) is 7. The van der Waals surface area contributed by atoms with Crippen LogP contribution in [0.3, 0.4) is 0 Å². The largest absolute Gasteiger partial charge is 0.449 e. The van der Waals surface area contributed by atoms with Crippen molar-refractivity contribution in [3.05, 3.63) is 53.7 Å². The van der Waals surface area contributed by atoms with Crippen molar-refractivity contribution in [1.29, 1.82) is 0 Å². The van der Waals surface area contributed by atoms with Crippen LogP contribution in [0.5, 0.6) is 0 Å². The molecular weight excluding hydrogens is 407 g/mol. The number of alkyl halides is 3. The third-order valence-corrected chi connectivity index (χ3v) is 3.49. The summed E-state index contributed by atoms with van der Waals surface area (Å²) in [5.74, 6) is -2.45. The number of halogens is 3. The van der Waals surface area contributed by atoms with E-state index in [4.69, 9.17) is 4.55 Å². The molecule has 0 spiro atoms. The number of aromatic nitrogens is 1. The van der Waals surface area contributed by atoms with E-state index in [1.54, 1.807) is 0 Å². The molecule has 2 aromatic rings. The Hall–Kier alpha value is -3.19. The van der Waals surface area contributed by atoms with Crippen molar-refractivity contribution in [3.63, 3.8) is 0 Å². The van der Waals surface area contributed by atoms with E-state index < -0.39 is 40.6 Å². The van der Waals surface area contributed by atoms with Crippen molar-refractivity contribution in [1.82, 2.24) is 10.3 Å². The van der Waals surface area contributed by atoms with Crippen LogP contribution in [-0.4, -0.2) is 36.4 Å². The van der Waals surface area contributed by atoms with Gasteiger partial charge >= 0.3 is 22.5 Å². The smallest absolute Gasteiger partial charge is 0.341 e. The number of nitrogens with one attached hydrogen (secondary N) is 2. The molecule has 13 heteroatoms. The van der Waals surface area contributed by atoms with E-state index in [9.17, 15) is 31.2 Å². The summed E-state index contributed by atoms with van der Waals surface area (Å²) in [7, 11) is -5.02. The molecule has 0 saturated heterocycles. The van der Waals surface area contributed by atoms with Gasteiger partial charge in [0.15, 0.2) is 0 Å². The first-order valence-electron chi connectivity index (χ1n) is 7.33. The van der Waals surface area contributed by atoms with E-state index in [1.807, 2.05) is 5.32 Å². The number of anilines is 2. The summed E-state index contributed by atoms with van der Waals surface area (Å²) in [5.41, 5.74) is -1.04. The zero-order valence-electron chi connectivity index (χ0n) is 13.7. The zero-order valence-corrected chi connectivity index (χ0v) is 14.5. The topological polar surface area (TPSA) is 135 Å². The third kappa shape index (κ3) is 6.21. The fraction of sp³-hybridized carbons (Fsp3) is 0.133. The van der Waals surface area contributed by atoms with Gasteiger partial charge in [0.05, 0.1) is 11.1 Å². The van der Waals surface area contributed by atoms with Crippen LogP contribution in [0.25, 0.3) is 0 Å². The Balaban J connectivity index is 2.15. The molecule has 3 N–H and O–H groups in total. The predicted molar refractivity (Wildman–Crippen MR) is 88.9 cm³/mol. The van der Waals surface area contributed by atoms with Gasteiger partial charge < -0.3 is 14.8 Å². The molecule has 0 saturated carbocycles. The fourth-order valence-corrected chi connectivity index (χ4v) is 2.29. The van der Waals surface area contributed by atoms with Gasteiger partial charge in [0.2, 0.25) is 0 Å². The minimum absolute atomic E-state index is 0.00774.